The van der Waals surface area contributed by atoms with Gasteiger partial charge in [-0.25, -0.2) is 0 Å². The topological polar surface area (TPSA) is 0 Å². The van der Waals surface area contributed by atoms with E-state index in [9.17, 15) is 0 Å². The summed E-state index contributed by atoms with van der Waals surface area (Å²) >= 11 is 0. The second kappa shape index (κ2) is 5.11. The van der Waals surface area contributed by atoms with Crippen molar-refractivity contribution in [3.63, 3.8) is 0 Å². The highest BCUT2D eigenvalue weighted by molar-refractivity contribution is 6.96. The van der Waals surface area contributed by atoms with E-state index in [1.165, 1.54) is 16.3 Å². The van der Waals surface area contributed by atoms with Gasteiger partial charge < -0.3 is 0 Å². The first-order chi connectivity index (χ1) is 15.2. The molecule has 0 radical (unpaired) electrons. The van der Waals surface area contributed by atoms with Crippen LogP contribution < -0.4 is 5.19 Å². The molecule has 1 heteroatoms. The van der Waals surface area contributed by atoms with Crippen molar-refractivity contribution < 1.29 is 0 Å². The van der Waals surface area contributed by atoms with E-state index >= 15 is 0 Å². The van der Waals surface area contributed by atoms with Gasteiger partial charge in [0.2, 0.25) is 0 Å². The van der Waals surface area contributed by atoms with Gasteiger partial charge in [0, 0.05) is 16.9 Å². The molecule has 31 heavy (non-hydrogen) atoms. The fourth-order valence-electron chi connectivity index (χ4n) is 8.43. The maximum absolute atomic E-state index is 2.67. The SMILES string of the molecule is C[Si]1(C)c2c3c(cc4ccccc24)C=CC2C4c5ccccc5C1(c1ccccc14)C32. The molecule has 148 valence electrons. The van der Waals surface area contributed by atoms with Gasteiger partial charge in [0.25, 0.3) is 0 Å². The maximum Gasteiger partial charge on any atom is 0.0982 e. The molecule has 4 aliphatic carbocycles. The fraction of sp³-hybridized carbons (Fsp3) is 0.200. The summed E-state index contributed by atoms with van der Waals surface area (Å²) in [5.41, 5.74) is 9.63. The van der Waals surface area contributed by atoms with Gasteiger partial charge in [0.1, 0.15) is 0 Å². The first kappa shape index (κ1) is 16.7. The zero-order valence-electron chi connectivity index (χ0n) is 17.9. The van der Waals surface area contributed by atoms with Crippen LogP contribution in [0.2, 0.25) is 13.1 Å². The average Bonchev–Trinajstić information content (AvgIpc) is 3.04. The van der Waals surface area contributed by atoms with Crippen molar-refractivity contribution in [1.29, 1.82) is 0 Å². The standard InChI is InChI=1S/C30H24Si/c1-31(2)29-20-10-4-3-9-18(20)17-19-15-16-23-27-21-11-5-7-13-24(21)30(31,28(23)26(19)29)25-14-8-6-12-22(25)27/h3-17,23,27-28H,1-2H3. The zero-order valence-corrected chi connectivity index (χ0v) is 18.9. The van der Waals surface area contributed by atoms with Gasteiger partial charge >= 0.3 is 0 Å². The van der Waals surface area contributed by atoms with Gasteiger partial charge in [0.05, 0.1) is 8.07 Å². The van der Waals surface area contributed by atoms with Gasteiger partial charge in [-0.2, -0.15) is 0 Å². The Bertz CT molecular complexity index is 1440. The second-order valence-electron chi connectivity index (χ2n) is 10.5. The van der Waals surface area contributed by atoms with Crippen LogP contribution in [-0.4, -0.2) is 8.07 Å². The predicted octanol–water partition coefficient (Wildman–Crippen LogP) is 6.48. The van der Waals surface area contributed by atoms with Gasteiger partial charge in [-0.3, -0.25) is 0 Å². The summed E-state index contributed by atoms with van der Waals surface area (Å²) in [6.45, 7) is 5.34. The first-order valence-corrected chi connectivity index (χ1v) is 14.6. The molecule has 1 heterocycles. The summed E-state index contributed by atoms with van der Waals surface area (Å²) in [6.07, 6.45) is 5.04. The molecule has 0 fully saturated rings. The van der Waals surface area contributed by atoms with Crippen molar-refractivity contribution in [2.24, 2.45) is 5.92 Å². The highest BCUT2D eigenvalue weighted by Gasteiger charge is 2.70. The van der Waals surface area contributed by atoms with E-state index in [0.717, 1.165) is 0 Å². The Morgan fingerprint density at radius 1 is 0.774 bits per heavy atom. The molecule has 0 saturated heterocycles. The molecule has 9 rings (SSSR count). The highest BCUT2D eigenvalue weighted by Crippen LogP contribution is 2.71. The van der Waals surface area contributed by atoms with Crippen molar-refractivity contribution in [2.75, 3.05) is 0 Å². The first-order valence-electron chi connectivity index (χ1n) is 11.6. The minimum Gasteiger partial charge on any atom is -0.0792 e. The molecule has 0 amide bonds. The molecule has 0 N–H and O–H groups in total. The largest absolute Gasteiger partial charge is 0.0982 e. The number of hydrogen-bond donors (Lipinski definition) is 0. The highest BCUT2D eigenvalue weighted by atomic mass is 28.3. The normalized spacial score (nSPS) is 29.5. The summed E-state index contributed by atoms with van der Waals surface area (Å²) in [5.74, 6) is 1.61. The van der Waals surface area contributed by atoms with Gasteiger partial charge in [-0.15, -0.1) is 0 Å². The summed E-state index contributed by atoms with van der Waals surface area (Å²) in [5, 5.41) is 4.76. The maximum atomic E-state index is 2.67. The van der Waals surface area contributed by atoms with Crippen LogP contribution in [0, 0.1) is 5.92 Å². The van der Waals surface area contributed by atoms with E-state index in [-0.39, 0.29) is 5.04 Å². The fourth-order valence-corrected chi connectivity index (χ4v) is 13.6. The van der Waals surface area contributed by atoms with E-state index in [2.05, 4.69) is 104 Å². The lowest BCUT2D eigenvalue weighted by Crippen LogP contribution is -2.63. The van der Waals surface area contributed by atoms with Crippen LogP contribution in [0.5, 0.6) is 0 Å². The molecule has 1 spiro atoms. The Hall–Kier alpha value is -2.90. The van der Waals surface area contributed by atoms with Crippen LogP contribution in [0.15, 0.2) is 84.9 Å². The third kappa shape index (κ3) is 1.58. The molecule has 5 aliphatic rings. The lowest BCUT2D eigenvalue weighted by Gasteiger charge is -2.59. The van der Waals surface area contributed by atoms with Crippen molar-refractivity contribution in [2.45, 2.75) is 30.0 Å². The zero-order chi connectivity index (χ0) is 20.5. The average molecular weight is 413 g/mol. The Kier molecular flexibility index (Phi) is 2.76. The Morgan fingerprint density at radius 3 is 2.16 bits per heavy atom. The van der Waals surface area contributed by atoms with Crippen molar-refractivity contribution >= 4 is 30.1 Å². The van der Waals surface area contributed by atoms with Crippen LogP contribution in [0.1, 0.15) is 45.2 Å². The number of benzene rings is 4. The van der Waals surface area contributed by atoms with Crippen LogP contribution in [0.3, 0.4) is 0 Å². The Balaban J connectivity index is 1.65. The van der Waals surface area contributed by atoms with Gasteiger partial charge in [-0.05, 0) is 61.3 Å². The lowest BCUT2D eigenvalue weighted by molar-refractivity contribution is 0.328. The molecule has 4 aromatic rings. The van der Waals surface area contributed by atoms with Crippen LogP contribution in [0.4, 0.5) is 0 Å². The number of fused-ring (bicyclic) bond motifs is 2. The number of allylic oxidation sites excluding steroid dienone is 1. The molecule has 0 saturated carbocycles. The molecular weight excluding hydrogens is 388 g/mol. The molecule has 1 aliphatic heterocycles. The molecule has 2 atom stereocenters. The van der Waals surface area contributed by atoms with Crippen LogP contribution in [0.25, 0.3) is 16.8 Å². The third-order valence-electron chi connectivity index (χ3n) is 9.22. The van der Waals surface area contributed by atoms with E-state index < -0.39 is 8.07 Å². The van der Waals surface area contributed by atoms with Crippen molar-refractivity contribution in [3.05, 3.63) is 118 Å². The Labute approximate surface area is 184 Å². The van der Waals surface area contributed by atoms with Crippen molar-refractivity contribution in [1.82, 2.24) is 0 Å². The van der Waals surface area contributed by atoms with Crippen LogP contribution in [-0.2, 0) is 5.04 Å². The van der Waals surface area contributed by atoms with E-state index in [1.807, 2.05) is 0 Å². The molecule has 4 aromatic carbocycles. The summed E-state index contributed by atoms with van der Waals surface area (Å²) in [6, 6.07) is 30.5. The quantitative estimate of drug-likeness (QED) is 0.290. The molecule has 0 aromatic heterocycles. The Morgan fingerprint density at radius 2 is 1.42 bits per heavy atom. The van der Waals surface area contributed by atoms with Crippen LogP contribution >= 0.6 is 0 Å². The lowest BCUT2D eigenvalue weighted by atomic mass is 9.51. The molecule has 2 bridgehead atoms. The second-order valence-corrected chi connectivity index (χ2v) is 15.0. The molecule has 0 nitrogen and oxygen atoms in total. The smallest absolute Gasteiger partial charge is 0.0792 e. The van der Waals surface area contributed by atoms with Gasteiger partial charge in [-0.1, -0.05) is 98.0 Å². The summed E-state index contributed by atoms with van der Waals surface area (Å²) in [7, 11) is -1.98. The van der Waals surface area contributed by atoms with Gasteiger partial charge in [0.15, 0.2) is 0 Å². The third-order valence-corrected chi connectivity index (χ3v) is 13.8. The minimum atomic E-state index is -1.98. The number of rotatable bonds is 0. The minimum absolute atomic E-state index is 0.117. The van der Waals surface area contributed by atoms with E-state index in [1.54, 1.807) is 33.0 Å². The van der Waals surface area contributed by atoms with E-state index in [0.29, 0.717) is 17.8 Å². The monoisotopic (exact) mass is 412 g/mol. The summed E-state index contributed by atoms with van der Waals surface area (Å²) in [4.78, 5) is 0. The predicted molar refractivity (Wildman–Crippen MR) is 132 cm³/mol. The summed E-state index contributed by atoms with van der Waals surface area (Å²) < 4.78 is 0. The van der Waals surface area contributed by atoms with E-state index in [4.69, 9.17) is 0 Å². The number of hydrogen-bond acceptors (Lipinski definition) is 0. The van der Waals surface area contributed by atoms with Crippen molar-refractivity contribution in [3.8, 4) is 0 Å². The molecular formula is C30H24Si. The molecule has 2 unspecified atom stereocenters.